The maximum absolute atomic E-state index is 12.9. The molecule has 1 heterocycles. The zero-order chi connectivity index (χ0) is 19.7. The Morgan fingerprint density at radius 1 is 1.11 bits per heavy atom. The average molecular weight is 397 g/mol. The van der Waals surface area contributed by atoms with Crippen LogP contribution in [0.4, 0.5) is 4.79 Å². The summed E-state index contributed by atoms with van der Waals surface area (Å²) in [6, 6.07) is 15.5. The van der Waals surface area contributed by atoms with Crippen LogP contribution < -0.4 is 0 Å². The number of amides is 1. The van der Waals surface area contributed by atoms with Crippen LogP contribution in [0.15, 0.2) is 48.5 Å². The van der Waals surface area contributed by atoms with Gasteiger partial charge >= 0.3 is 12.1 Å². The molecule has 28 heavy (non-hydrogen) atoms. The Morgan fingerprint density at radius 3 is 2.29 bits per heavy atom. The van der Waals surface area contributed by atoms with Gasteiger partial charge in [0.2, 0.25) is 0 Å². The summed E-state index contributed by atoms with van der Waals surface area (Å²) in [5.41, 5.74) is 4.63. The minimum absolute atomic E-state index is 0.0304. The van der Waals surface area contributed by atoms with Crippen molar-refractivity contribution in [3.8, 4) is 11.1 Å². The van der Waals surface area contributed by atoms with Crippen molar-refractivity contribution in [1.82, 2.24) is 4.90 Å². The molecule has 0 aromatic heterocycles. The van der Waals surface area contributed by atoms with Gasteiger partial charge in [-0.05, 0) is 40.8 Å². The van der Waals surface area contributed by atoms with Crippen LogP contribution in [0.3, 0.4) is 0 Å². The lowest BCUT2D eigenvalue weighted by Crippen LogP contribution is -2.52. The number of carbonyl (C=O) groups excluding carboxylic acids is 1. The molecule has 2 unspecified atom stereocenters. The molecular weight excluding hydrogens is 374 g/mol. The van der Waals surface area contributed by atoms with Gasteiger partial charge in [0.05, 0.1) is 5.37 Å². The van der Waals surface area contributed by atoms with Crippen LogP contribution in [0.2, 0.25) is 0 Å². The van der Waals surface area contributed by atoms with Gasteiger partial charge in [-0.25, -0.2) is 9.59 Å². The summed E-state index contributed by atoms with van der Waals surface area (Å²) in [4.78, 5) is 26.0. The number of aliphatic carboxylic acids is 1. The monoisotopic (exact) mass is 397 g/mol. The number of carboxylic acids is 1. The van der Waals surface area contributed by atoms with E-state index in [4.69, 9.17) is 4.74 Å². The largest absolute Gasteiger partial charge is 0.480 e. The highest BCUT2D eigenvalue weighted by Gasteiger charge is 2.39. The van der Waals surface area contributed by atoms with Crippen molar-refractivity contribution >= 4 is 23.8 Å². The molecular formula is C22H23NO4S. The Balaban J connectivity index is 1.55. The number of rotatable bonds is 4. The lowest BCUT2D eigenvalue weighted by molar-refractivity contribution is -0.143. The molecule has 0 bridgehead atoms. The molecule has 0 radical (unpaired) electrons. The third-order valence-corrected chi connectivity index (χ3v) is 6.95. The third kappa shape index (κ3) is 3.26. The number of fused-ring (bicyclic) bond motifs is 3. The van der Waals surface area contributed by atoms with Gasteiger partial charge in [-0.15, -0.1) is 11.8 Å². The smallest absolute Gasteiger partial charge is 0.411 e. The van der Waals surface area contributed by atoms with E-state index in [2.05, 4.69) is 24.3 Å². The molecule has 5 nitrogen and oxygen atoms in total. The van der Waals surface area contributed by atoms with E-state index in [0.29, 0.717) is 12.8 Å². The molecule has 1 saturated heterocycles. The summed E-state index contributed by atoms with van der Waals surface area (Å²) in [5.74, 6) is -0.257. The highest BCUT2D eigenvalue weighted by molar-refractivity contribution is 7.99. The Hall–Kier alpha value is -2.47. The van der Waals surface area contributed by atoms with Crippen LogP contribution in [0, 0.1) is 0 Å². The first kappa shape index (κ1) is 18.9. The van der Waals surface area contributed by atoms with Crippen LogP contribution in [0.1, 0.15) is 36.8 Å². The topological polar surface area (TPSA) is 66.8 Å². The lowest BCUT2D eigenvalue weighted by atomic mass is 9.98. The number of thioether (sulfide) groups is 1. The summed E-state index contributed by atoms with van der Waals surface area (Å²) in [7, 11) is 0. The van der Waals surface area contributed by atoms with Crippen molar-refractivity contribution < 1.29 is 19.4 Å². The Labute approximate surface area is 168 Å². The van der Waals surface area contributed by atoms with E-state index in [-0.39, 0.29) is 17.9 Å². The van der Waals surface area contributed by atoms with E-state index in [1.807, 2.05) is 31.2 Å². The van der Waals surface area contributed by atoms with Crippen molar-refractivity contribution in [2.75, 3.05) is 12.4 Å². The zero-order valence-corrected chi connectivity index (χ0v) is 16.5. The molecule has 2 aromatic carbocycles. The van der Waals surface area contributed by atoms with E-state index in [0.717, 1.165) is 16.9 Å². The standard InChI is InChI=1S/C22H23NO4S/c1-2-20-23(19(21(24)25)11-12-28-20)22(26)27-13-18-16-9-5-3-7-14(16)15-8-4-6-10-17(15)18/h3-10,18-20H,2,11-13H2,1H3,(H,24,25). The fourth-order valence-corrected chi connectivity index (χ4v) is 5.47. The van der Waals surface area contributed by atoms with E-state index >= 15 is 0 Å². The van der Waals surface area contributed by atoms with Gasteiger partial charge in [0.15, 0.2) is 0 Å². The summed E-state index contributed by atoms with van der Waals surface area (Å²) >= 11 is 1.62. The van der Waals surface area contributed by atoms with Gasteiger partial charge in [-0.2, -0.15) is 0 Å². The molecule has 4 rings (SSSR count). The predicted molar refractivity (Wildman–Crippen MR) is 109 cm³/mol. The number of ether oxygens (including phenoxy) is 1. The molecule has 146 valence electrons. The zero-order valence-electron chi connectivity index (χ0n) is 15.7. The molecule has 1 amide bonds. The van der Waals surface area contributed by atoms with Gasteiger partial charge in [0.25, 0.3) is 0 Å². The predicted octanol–water partition coefficient (Wildman–Crippen LogP) is 4.56. The van der Waals surface area contributed by atoms with Crippen molar-refractivity contribution in [3.05, 3.63) is 59.7 Å². The molecule has 2 aromatic rings. The number of hydrogen-bond donors (Lipinski definition) is 1. The highest BCUT2D eigenvalue weighted by Crippen LogP contribution is 2.44. The van der Waals surface area contributed by atoms with E-state index < -0.39 is 18.1 Å². The highest BCUT2D eigenvalue weighted by atomic mass is 32.2. The molecule has 1 aliphatic heterocycles. The second-order valence-corrected chi connectivity index (χ2v) is 8.37. The maximum Gasteiger partial charge on any atom is 0.411 e. The fourth-order valence-electron chi connectivity index (χ4n) is 4.21. The first-order valence-corrected chi connectivity index (χ1v) is 10.6. The SMILES string of the molecule is CCC1SCCC(C(=O)O)N1C(=O)OCC1c2ccccc2-c2ccccc21. The molecule has 2 atom stereocenters. The number of hydrogen-bond acceptors (Lipinski definition) is 4. The summed E-state index contributed by atoms with van der Waals surface area (Å²) in [5, 5.41) is 9.39. The first-order valence-electron chi connectivity index (χ1n) is 9.59. The molecule has 1 N–H and O–H groups in total. The first-order chi connectivity index (χ1) is 13.6. The molecule has 0 saturated carbocycles. The summed E-state index contributed by atoms with van der Waals surface area (Å²) in [6.45, 7) is 2.17. The van der Waals surface area contributed by atoms with Gasteiger partial charge in [-0.3, -0.25) is 4.90 Å². The molecule has 2 aliphatic rings. The summed E-state index contributed by atoms with van der Waals surface area (Å²) in [6.07, 6.45) is 0.604. The number of carbonyl (C=O) groups is 2. The normalized spacial score (nSPS) is 21.1. The van der Waals surface area contributed by atoms with Crippen LogP contribution in [-0.4, -0.2) is 45.8 Å². The van der Waals surface area contributed by atoms with Crippen LogP contribution in [0.5, 0.6) is 0 Å². The number of carboxylic acid groups (broad SMARTS) is 1. The minimum atomic E-state index is -0.966. The molecule has 1 fully saturated rings. The third-order valence-electron chi connectivity index (χ3n) is 5.53. The average Bonchev–Trinajstić information content (AvgIpc) is 3.05. The van der Waals surface area contributed by atoms with Crippen molar-refractivity contribution in [3.63, 3.8) is 0 Å². The fraction of sp³-hybridized carbons (Fsp3) is 0.364. The van der Waals surface area contributed by atoms with Gasteiger partial charge < -0.3 is 9.84 Å². The van der Waals surface area contributed by atoms with Gasteiger partial charge in [0.1, 0.15) is 12.6 Å². The van der Waals surface area contributed by atoms with Crippen molar-refractivity contribution in [2.24, 2.45) is 0 Å². The van der Waals surface area contributed by atoms with Crippen molar-refractivity contribution in [2.45, 2.75) is 37.1 Å². The second-order valence-electron chi connectivity index (χ2n) is 7.09. The Kier molecular flexibility index (Phi) is 5.31. The molecule has 1 aliphatic carbocycles. The van der Waals surface area contributed by atoms with Crippen LogP contribution >= 0.6 is 11.8 Å². The minimum Gasteiger partial charge on any atom is -0.480 e. The van der Waals surface area contributed by atoms with Gasteiger partial charge in [0, 0.05) is 5.92 Å². The van der Waals surface area contributed by atoms with E-state index in [9.17, 15) is 14.7 Å². The lowest BCUT2D eigenvalue weighted by Gasteiger charge is -2.38. The van der Waals surface area contributed by atoms with E-state index in [1.165, 1.54) is 16.0 Å². The molecule has 0 spiro atoms. The quantitative estimate of drug-likeness (QED) is 0.819. The van der Waals surface area contributed by atoms with Crippen molar-refractivity contribution in [1.29, 1.82) is 0 Å². The van der Waals surface area contributed by atoms with Gasteiger partial charge in [-0.1, -0.05) is 55.5 Å². The Morgan fingerprint density at radius 2 is 1.71 bits per heavy atom. The maximum atomic E-state index is 12.9. The number of nitrogens with zero attached hydrogens (tertiary/aromatic N) is 1. The summed E-state index contributed by atoms with van der Waals surface area (Å²) < 4.78 is 5.70. The molecule has 6 heteroatoms. The second kappa shape index (κ2) is 7.87. The van der Waals surface area contributed by atoms with Crippen LogP contribution in [0.25, 0.3) is 11.1 Å². The Bertz CT molecular complexity index is 854. The van der Waals surface area contributed by atoms with E-state index in [1.54, 1.807) is 11.8 Å². The van der Waals surface area contributed by atoms with Crippen LogP contribution in [-0.2, 0) is 9.53 Å². The number of benzene rings is 2.